The third-order valence-corrected chi connectivity index (χ3v) is 7.09. The van der Waals surface area contributed by atoms with Crippen LogP contribution in [0, 0.1) is 0 Å². The number of unbranched alkanes of at least 4 members (excludes halogenated alkanes) is 5. The standard InChI is InChI=1S/C28H49N3O4/c1-6-7-10-19-30(2)20-11-8-9-12-21-35-24-15-13-23(14-16-24)31(3)28(32)29-26-18-17-25(33-4)22-27(26)34-5/h17-18,22-24H,6-16,19-21H2,1-5H3,(H,29,32). The predicted octanol–water partition coefficient (Wildman–Crippen LogP) is 6.18. The molecule has 1 aromatic carbocycles. The third-order valence-electron chi connectivity index (χ3n) is 7.09. The van der Waals surface area contributed by atoms with Gasteiger partial charge in [-0.1, -0.05) is 32.6 Å². The Morgan fingerprint density at radius 2 is 1.63 bits per heavy atom. The average Bonchev–Trinajstić information content (AvgIpc) is 2.88. The normalized spacial score (nSPS) is 17.9. The van der Waals surface area contributed by atoms with Crippen molar-refractivity contribution in [3.63, 3.8) is 0 Å². The Morgan fingerprint density at radius 1 is 0.943 bits per heavy atom. The van der Waals surface area contributed by atoms with Gasteiger partial charge in [-0.05, 0) is 77.2 Å². The number of rotatable bonds is 16. The Hall–Kier alpha value is -1.99. The van der Waals surface area contributed by atoms with Gasteiger partial charge in [0, 0.05) is 25.8 Å². The maximum atomic E-state index is 12.8. The van der Waals surface area contributed by atoms with Crippen molar-refractivity contribution in [2.24, 2.45) is 0 Å². The second kappa shape index (κ2) is 16.6. The average molecular weight is 492 g/mol. The van der Waals surface area contributed by atoms with Crippen molar-refractivity contribution in [3.8, 4) is 11.5 Å². The van der Waals surface area contributed by atoms with Crippen molar-refractivity contribution in [2.75, 3.05) is 53.3 Å². The van der Waals surface area contributed by atoms with Crippen molar-refractivity contribution >= 4 is 11.7 Å². The van der Waals surface area contributed by atoms with Gasteiger partial charge in [0.15, 0.2) is 0 Å². The fraction of sp³-hybridized carbons (Fsp3) is 0.750. The van der Waals surface area contributed by atoms with Gasteiger partial charge in [0.05, 0.1) is 26.0 Å². The summed E-state index contributed by atoms with van der Waals surface area (Å²) in [5.41, 5.74) is 0.644. The molecule has 35 heavy (non-hydrogen) atoms. The maximum absolute atomic E-state index is 12.8. The zero-order valence-electron chi connectivity index (χ0n) is 22.8. The van der Waals surface area contributed by atoms with Crippen LogP contribution in [-0.2, 0) is 4.74 Å². The van der Waals surface area contributed by atoms with E-state index in [2.05, 4.69) is 24.2 Å². The molecule has 0 atom stereocenters. The van der Waals surface area contributed by atoms with Crippen LogP contribution in [0.4, 0.5) is 10.5 Å². The smallest absolute Gasteiger partial charge is 0.321 e. The number of methoxy groups -OCH3 is 2. The number of anilines is 1. The first-order chi connectivity index (χ1) is 17.0. The number of carbonyl (C=O) groups is 1. The number of benzene rings is 1. The van der Waals surface area contributed by atoms with Crippen LogP contribution < -0.4 is 14.8 Å². The summed E-state index contributed by atoms with van der Waals surface area (Å²) in [4.78, 5) is 17.1. The summed E-state index contributed by atoms with van der Waals surface area (Å²) >= 11 is 0. The molecule has 0 heterocycles. The summed E-state index contributed by atoms with van der Waals surface area (Å²) in [7, 11) is 7.31. The Kier molecular flexibility index (Phi) is 13.9. The quantitative estimate of drug-likeness (QED) is 0.280. The van der Waals surface area contributed by atoms with E-state index < -0.39 is 0 Å². The number of nitrogens with one attached hydrogen (secondary N) is 1. The van der Waals surface area contributed by atoms with Gasteiger partial charge in [-0.15, -0.1) is 0 Å². The molecular weight excluding hydrogens is 442 g/mol. The molecule has 2 rings (SSSR count). The number of ether oxygens (including phenoxy) is 3. The number of hydrogen-bond acceptors (Lipinski definition) is 5. The lowest BCUT2D eigenvalue weighted by Gasteiger charge is -2.34. The lowest BCUT2D eigenvalue weighted by atomic mass is 9.92. The van der Waals surface area contributed by atoms with Gasteiger partial charge in [-0.25, -0.2) is 4.79 Å². The molecule has 200 valence electrons. The SMILES string of the molecule is CCCCCN(C)CCCCCCOC1CCC(N(C)C(=O)Nc2ccc(OC)cc2OC)CC1. The molecule has 1 fully saturated rings. The zero-order valence-corrected chi connectivity index (χ0v) is 22.8. The molecule has 7 heteroatoms. The first-order valence-electron chi connectivity index (χ1n) is 13.5. The molecule has 1 aliphatic carbocycles. The molecule has 0 saturated heterocycles. The highest BCUT2D eigenvalue weighted by molar-refractivity contribution is 5.91. The van der Waals surface area contributed by atoms with Crippen molar-refractivity contribution in [3.05, 3.63) is 18.2 Å². The lowest BCUT2D eigenvalue weighted by Crippen LogP contribution is -2.42. The summed E-state index contributed by atoms with van der Waals surface area (Å²) in [5.74, 6) is 1.28. The van der Waals surface area contributed by atoms with E-state index in [-0.39, 0.29) is 12.1 Å². The first kappa shape index (κ1) is 29.2. The molecular formula is C28H49N3O4. The Bertz CT molecular complexity index is 722. The lowest BCUT2D eigenvalue weighted by molar-refractivity contribution is 0.0130. The number of nitrogens with zero attached hydrogens (tertiary/aromatic N) is 2. The van der Waals surface area contributed by atoms with Crippen molar-refractivity contribution in [2.45, 2.75) is 89.7 Å². The highest BCUT2D eigenvalue weighted by Gasteiger charge is 2.27. The largest absolute Gasteiger partial charge is 0.497 e. The molecule has 0 radical (unpaired) electrons. The van der Waals surface area contributed by atoms with Crippen LogP contribution in [0.25, 0.3) is 0 Å². The minimum Gasteiger partial charge on any atom is -0.497 e. The minimum absolute atomic E-state index is 0.117. The molecule has 0 unspecified atom stereocenters. The predicted molar refractivity (Wildman–Crippen MR) is 144 cm³/mol. The van der Waals surface area contributed by atoms with Crippen molar-refractivity contribution < 1.29 is 19.0 Å². The van der Waals surface area contributed by atoms with E-state index >= 15 is 0 Å². The Morgan fingerprint density at radius 3 is 2.29 bits per heavy atom. The molecule has 0 aliphatic heterocycles. The summed E-state index contributed by atoms with van der Waals surface area (Å²) < 4.78 is 16.8. The fourth-order valence-electron chi connectivity index (χ4n) is 4.70. The monoisotopic (exact) mass is 491 g/mol. The number of carbonyl (C=O) groups excluding carboxylic acids is 1. The first-order valence-corrected chi connectivity index (χ1v) is 13.5. The highest BCUT2D eigenvalue weighted by Crippen LogP contribution is 2.30. The van der Waals surface area contributed by atoms with Crippen LogP contribution in [-0.4, -0.2) is 76.0 Å². The number of urea groups is 1. The van der Waals surface area contributed by atoms with E-state index in [9.17, 15) is 4.79 Å². The third kappa shape index (κ3) is 10.7. The number of amides is 2. The van der Waals surface area contributed by atoms with Gasteiger partial charge < -0.3 is 29.3 Å². The molecule has 2 amide bonds. The summed E-state index contributed by atoms with van der Waals surface area (Å²) in [5, 5.41) is 2.97. The van der Waals surface area contributed by atoms with Crippen LogP contribution in [0.5, 0.6) is 11.5 Å². The molecule has 0 aromatic heterocycles. The van der Waals surface area contributed by atoms with E-state index in [0.717, 1.165) is 38.7 Å². The number of hydrogen-bond donors (Lipinski definition) is 1. The van der Waals surface area contributed by atoms with Gasteiger partial charge in [0.1, 0.15) is 11.5 Å². The van der Waals surface area contributed by atoms with Gasteiger partial charge in [0.2, 0.25) is 0 Å². The topological polar surface area (TPSA) is 63.3 Å². The van der Waals surface area contributed by atoms with Crippen LogP contribution in [0.1, 0.15) is 77.6 Å². The molecule has 1 aliphatic rings. The fourth-order valence-corrected chi connectivity index (χ4v) is 4.70. The second-order valence-electron chi connectivity index (χ2n) is 9.83. The van der Waals surface area contributed by atoms with Gasteiger partial charge in [-0.3, -0.25) is 0 Å². The van der Waals surface area contributed by atoms with E-state index in [1.54, 1.807) is 26.4 Å². The summed E-state index contributed by atoms with van der Waals surface area (Å²) in [6, 6.07) is 5.50. The molecule has 1 N–H and O–H groups in total. The summed E-state index contributed by atoms with van der Waals surface area (Å²) in [6.07, 6.45) is 13.2. The van der Waals surface area contributed by atoms with Crippen LogP contribution in [0.2, 0.25) is 0 Å². The van der Waals surface area contributed by atoms with Gasteiger partial charge >= 0.3 is 6.03 Å². The van der Waals surface area contributed by atoms with Crippen molar-refractivity contribution in [1.29, 1.82) is 0 Å². The highest BCUT2D eigenvalue weighted by atomic mass is 16.5. The van der Waals surface area contributed by atoms with Crippen LogP contribution in [0.15, 0.2) is 18.2 Å². The van der Waals surface area contributed by atoms with E-state index in [0.29, 0.717) is 23.3 Å². The Balaban J connectivity index is 1.58. The van der Waals surface area contributed by atoms with E-state index in [4.69, 9.17) is 14.2 Å². The summed E-state index contributed by atoms with van der Waals surface area (Å²) in [6.45, 7) is 5.55. The second-order valence-corrected chi connectivity index (χ2v) is 9.83. The van der Waals surface area contributed by atoms with Gasteiger partial charge in [0.25, 0.3) is 0 Å². The molecule has 7 nitrogen and oxygen atoms in total. The maximum Gasteiger partial charge on any atom is 0.321 e. The molecule has 1 aromatic rings. The van der Waals surface area contributed by atoms with Crippen molar-refractivity contribution in [1.82, 2.24) is 9.80 Å². The van der Waals surface area contributed by atoms with E-state index in [1.807, 2.05) is 18.0 Å². The molecule has 0 spiro atoms. The molecule has 0 bridgehead atoms. The Labute approximate surface area is 213 Å². The van der Waals surface area contributed by atoms with Crippen LogP contribution >= 0.6 is 0 Å². The minimum atomic E-state index is -0.117. The van der Waals surface area contributed by atoms with Crippen LogP contribution in [0.3, 0.4) is 0 Å². The van der Waals surface area contributed by atoms with Gasteiger partial charge in [-0.2, -0.15) is 0 Å². The van der Waals surface area contributed by atoms with E-state index in [1.165, 1.54) is 51.6 Å². The zero-order chi connectivity index (χ0) is 25.5. The molecule has 1 saturated carbocycles.